The first-order valence-electron chi connectivity index (χ1n) is 6.45. The van der Waals surface area contributed by atoms with E-state index in [0.29, 0.717) is 0 Å². The number of benzene rings is 1. The molecule has 0 aliphatic heterocycles. The highest BCUT2D eigenvalue weighted by Crippen LogP contribution is 2.41. The lowest BCUT2D eigenvalue weighted by molar-refractivity contribution is 0.143. The van der Waals surface area contributed by atoms with Gasteiger partial charge in [-0.1, -0.05) is 11.6 Å². The maximum Gasteiger partial charge on any atom is 0.511 e. The van der Waals surface area contributed by atoms with E-state index in [1.165, 1.54) is 17.7 Å². The average molecular weight is 330 g/mol. The van der Waals surface area contributed by atoms with Gasteiger partial charge in [-0.2, -0.15) is 0 Å². The highest BCUT2D eigenvalue weighted by Gasteiger charge is 2.30. The molecule has 0 atom stereocenters. The summed E-state index contributed by atoms with van der Waals surface area (Å²) in [6.07, 6.45) is 1.04. The number of rotatable bonds is 2. The molecule has 1 aromatic heterocycles. The number of carboxylic acid groups (broad SMARTS) is 1. The van der Waals surface area contributed by atoms with Crippen LogP contribution in [-0.4, -0.2) is 15.8 Å². The van der Waals surface area contributed by atoms with Crippen LogP contribution in [0, 0.1) is 18.6 Å². The first-order chi connectivity index (χ1) is 10.3. The molecular formula is C14H10ClF2NO4. The normalized spacial score (nSPS) is 14.4. The third-order valence-corrected chi connectivity index (χ3v) is 3.98. The van der Waals surface area contributed by atoms with Crippen LogP contribution in [0.25, 0.3) is 10.9 Å². The molecule has 116 valence electrons. The molecule has 0 bridgehead atoms. The molecule has 0 amide bonds. The van der Waals surface area contributed by atoms with E-state index >= 15 is 0 Å². The molecule has 1 fully saturated rings. The molecule has 0 radical (unpaired) electrons. The maximum atomic E-state index is 13.9. The van der Waals surface area contributed by atoms with Gasteiger partial charge in [-0.15, -0.1) is 0 Å². The smallest absolute Gasteiger partial charge is 0.449 e. The molecule has 5 nitrogen and oxygen atoms in total. The van der Waals surface area contributed by atoms with E-state index in [0.717, 1.165) is 12.8 Å². The predicted molar refractivity (Wildman–Crippen MR) is 74.8 cm³/mol. The number of fused-ring (bicyclic) bond motifs is 1. The Bertz CT molecular complexity index is 874. The zero-order chi connectivity index (χ0) is 16.2. The van der Waals surface area contributed by atoms with Gasteiger partial charge in [0.1, 0.15) is 5.02 Å². The van der Waals surface area contributed by atoms with Crippen molar-refractivity contribution in [1.29, 1.82) is 0 Å². The van der Waals surface area contributed by atoms with E-state index in [9.17, 15) is 18.4 Å². The van der Waals surface area contributed by atoms with E-state index in [2.05, 4.69) is 4.74 Å². The standard InChI is InChI=1S/C14H10ClF2NO4/c1-5-8-12(9(15)11(17)10(5)16)18(6-2-3-6)4-7(13(8)19)22-14(20)21/h4,6H,2-3H2,1H3,(H,20,21). The summed E-state index contributed by atoms with van der Waals surface area (Å²) in [5.74, 6) is -2.92. The molecule has 8 heteroatoms. The second-order valence-corrected chi connectivity index (χ2v) is 5.50. The number of aryl methyl sites for hydroxylation is 1. The van der Waals surface area contributed by atoms with E-state index in [1.54, 1.807) is 0 Å². The van der Waals surface area contributed by atoms with E-state index < -0.39 is 34.0 Å². The number of ether oxygens (including phenoxy) is 1. The molecule has 0 spiro atoms. The van der Waals surface area contributed by atoms with Gasteiger partial charge in [0, 0.05) is 11.6 Å². The Morgan fingerprint density at radius 3 is 2.59 bits per heavy atom. The van der Waals surface area contributed by atoms with Gasteiger partial charge in [-0.25, -0.2) is 13.6 Å². The fourth-order valence-electron chi connectivity index (χ4n) is 2.46. The molecule has 0 saturated heterocycles. The average Bonchev–Trinajstić information content (AvgIpc) is 3.28. The highest BCUT2D eigenvalue weighted by molar-refractivity contribution is 6.35. The number of hydrogen-bond acceptors (Lipinski definition) is 3. The van der Waals surface area contributed by atoms with Crippen molar-refractivity contribution in [3.8, 4) is 5.75 Å². The first kappa shape index (κ1) is 14.8. The van der Waals surface area contributed by atoms with Crippen molar-refractivity contribution in [2.75, 3.05) is 0 Å². The SMILES string of the molecule is Cc1c(F)c(F)c(Cl)c2c1c(=O)c(OC(=O)O)cn2C1CC1. The van der Waals surface area contributed by atoms with Crippen molar-refractivity contribution in [2.24, 2.45) is 0 Å². The summed E-state index contributed by atoms with van der Waals surface area (Å²) in [6, 6.07) is -0.0546. The van der Waals surface area contributed by atoms with Crippen molar-refractivity contribution < 1.29 is 23.4 Å². The molecule has 1 aromatic carbocycles. The molecule has 1 heterocycles. The first-order valence-corrected chi connectivity index (χ1v) is 6.83. The van der Waals surface area contributed by atoms with E-state index in [4.69, 9.17) is 16.7 Å². The summed E-state index contributed by atoms with van der Waals surface area (Å²) in [5, 5.41) is 8.03. The zero-order valence-corrected chi connectivity index (χ0v) is 12.1. The van der Waals surface area contributed by atoms with Crippen molar-refractivity contribution in [2.45, 2.75) is 25.8 Å². The fourth-order valence-corrected chi connectivity index (χ4v) is 2.74. The number of aromatic nitrogens is 1. The molecule has 1 saturated carbocycles. The lowest BCUT2D eigenvalue weighted by atomic mass is 10.1. The zero-order valence-electron chi connectivity index (χ0n) is 11.3. The van der Waals surface area contributed by atoms with Gasteiger partial charge < -0.3 is 14.4 Å². The third kappa shape index (κ3) is 2.12. The Balaban J connectivity index is 2.48. The van der Waals surface area contributed by atoms with Crippen molar-refractivity contribution >= 4 is 28.7 Å². The highest BCUT2D eigenvalue weighted by atomic mass is 35.5. The number of hydrogen-bond donors (Lipinski definition) is 1. The van der Waals surface area contributed by atoms with Crippen LogP contribution in [0.4, 0.5) is 13.6 Å². The summed E-state index contributed by atoms with van der Waals surface area (Å²) < 4.78 is 33.7. The van der Waals surface area contributed by atoms with Crippen LogP contribution in [0.1, 0.15) is 24.4 Å². The van der Waals surface area contributed by atoms with Gasteiger partial charge in [0.15, 0.2) is 17.4 Å². The Hall–Kier alpha value is -2.15. The predicted octanol–water partition coefficient (Wildman–Crippen LogP) is 3.63. The van der Waals surface area contributed by atoms with E-state index in [1.807, 2.05) is 0 Å². The van der Waals surface area contributed by atoms with Crippen LogP contribution in [0.5, 0.6) is 5.75 Å². The Morgan fingerprint density at radius 1 is 1.41 bits per heavy atom. The van der Waals surface area contributed by atoms with Gasteiger partial charge in [0.2, 0.25) is 5.43 Å². The van der Waals surface area contributed by atoms with Crippen LogP contribution >= 0.6 is 11.6 Å². The van der Waals surface area contributed by atoms with Gasteiger partial charge in [0.05, 0.1) is 17.1 Å². The summed E-state index contributed by atoms with van der Waals surface area (Å²) in [6.45, 7) is 1.24. The Labute approximate surface area is 127 Å². The summed E-state index contributed by atoms with van der Waals surface area (Å²) in [7, 11) is 0. The summed E-state index contributed by atoms with van der Waals surface area (Å²) in [5.41, 5.74) is -1.01. The van der Waals surface area contributed by atoms with Crippen LogP contribution in [0.2, 0.25) is 5.02 Å². The minimum atomic E-state index is -1.66. The molecule has 1 aliphatic carbocycles. The second-order valence-electron chi connectivity index (χ2n) is 5.12. The fraction of sp³-hybridized carbons (Fsp3) is 0.286. The second kappa shape index (κ2) is 4.95. The molecular weight excluding hydrogens is 320 g/mol. The van der Waals surface area contributed by atoms with E-state index in [-0.39, 0.29) is 22.5 Å². The minimum Gasteiger partial charge on any atom is -0.449 e. The molecule has 0 unspecified atom stereocenters. The number of pyridine rings is 1. The quantitative estimate of drug-likeness (QED) is 0.674. The van der Waals surface area contributed by atoms with Crippen LogP contribution in [-0.2, 0) is 0 Å². The Morgan fingerprint density at radius 2 is 2.05 bits per heavy atom. The number of halogens is 3. The van der Waals surface area contributed by atoms with Crippen molar-refractivity contribution in [3.05, 3.63) is 38.6 Å². The number of carbonyl (C=O) groups is 1. The third-order valence-electron chi connectivity index (χ3n) is 3.64. The van der Waals surface area contributed by atoms with Crippen molar-refractivity contribution in [3.63, 3.8) is 0 Å². The summed E-state index contributed by atoms with van der Waals surface area (Å²) in [4.78, 5) is 23.0. The lowest BCUT2D eigenvalue weighted by Crippen LogP contribution is -2.18. The number of nitrogens with zero attached hydrogens (tertiary/aromatic N) is 1. The summed E-state index contributed by atoms with van der Waals surface area (Å²) >= 11 is 5.88. The molecule has 1 N–H and O–H groups in total. The molecule has 1 aliphatic rings. The van der Waals surface area contributed by atoms with Gasteiger partial charge in [0.25, 0.3) is 0 Å². The van der Waals surface area contributed by atoms with Crippen LogP contribution in [0.15, 0.2) is 11.0 Å². The minimum absolute atomic E-state index is 0.0546. The topological polar surface area (TPSA) is 68.5 Å². The van der Waals surface area contributed by atoms with Crippen LogP contribution < -0.4 is 10.2 Å². The van der Waals surface area contributed by atoms with Crippen molar-refractivity contribution in [1.82, 2.24) is 4.57 Å². The maximum absolute atomic E-state index is 13.9. The largest absolute Gasteiger partial charge is 0.511 e. The molecule has 22 heavy (non-hydrogen) atoms. The van der Waals surface area contributed by atoms with Gasteiger partial charge in [-0.05, 0) is 19.8 Å². The van der Waals surface area contributed by atoms with Gasteiger partial charge in [-0.3, -0.25) is 4.79 Å². The lowest BCUT2D eigenvalue weighted by Gasteiger charge is -2.15. The van der Waals surface area contributed by atoms with Gasteiger partial charge >= 0.3 is 6.16 Å². The van der Waals surface area contributed by atoms with Crippen LogP contribution in [0.3, 0.4) is 0 Å². The molecule has 3 rings (SSSR count). The molecule has 2 aromatic rings. The Kier molecular flexibility index (Phi) is 3.32. The monoisotopic (exact) mass is 329 g/mol.